The van der Waals surface area contributed by atoms with Crippen molar-refractivity contribution in [2.75, 3.05) is 20.3 Å². The molecule has 2 unspecified atom stereocenters. The Bertz CT molecular complexity index is 987. The van der Waals surface area contributed by atoms with Crippen molar-refractivity contribution in [3.05, 3.63) is 65.5 Å². The first kappa shape index (κ1) is 21.2. The molecule has 2 aliphatic heterocycles. The zero-order valence-electron chi connectivity index (χ0n) is 17.9. The highest BCUT2D eigenvalue weighted by Crippen LogP contribution is 2.42. The summed E-state index contributed by atoms with van der Waals surface area (Å²) >= 11 is 0. The van der Waals surface area contributed by atoms with Gasteiger partial charge in [0.25, 0.3) is 0 Å². The first-order valence-electron chi connectivity index (χ1n) is 10.6. The number of aryl methyl sites for hydroxylation is 1. The summed E-state index contributed by atoms with van der Waals surface area (Å²) < 4.78 is 5.42. The van der Waals surface area contributed by atoms with Gasteiger partial charge in [-0.25, -0.2) is 0 Å². The number of likely N-dealkylation sites (tertiary alicyclic amines) is 1. The van der Waals surface area contributed by atoms with Gasteiger partial charge in [0.15, 0.2) is 0 Å². The first-order chi connectivity index (χ1) is 14.9. The van der Waals surface area contributed by atoms with E-state index in [9.17, 15) is 14.4 Å². The minimum absolute atomic E-state index is 0.00143. The number of imide groups is 1. The highest BCUT2D eigenvalue weighted by atomic mass is 16.5. The molecule has 0 radical (unpaired) electrons. The predicted octanol–water partition coefficient (Wildman–Crippen LogP) is 2.22. The van der Waals surface area contributed by atoms with Crippen LogP contribution in [0.5, 0.6) is 0 Å². The summed E-state index contributed by atoms with van der Waals surface area (Å²) in [7, 11) is 1.75. The van der Waals surface area contributed by atoms with Crippen LogP contribution in [0.1, 0.15) is 36.0 Å². The van der Waals surface area contributed by atoms with E-state index in [0.717, 1.165) is 23.1 Å². The van der Waals surface area contributed by atoms with Crippen molar-refractivity contribution in [1.82, 2.24) is 14.8 Å². The van der Waals surface area contributed by atoms with Gasteiger partial charge in [0.2, 0.25) is 17.7 Å². The van der Waals surface area contributed by atoms with Crippen LogP contribution in [0, 0.1) is 6.92 Å². The van der Waals surface area contributed by atoms with Crippen LogP contribution in [0.15, 0.2) is 48.8 Å². The average molecular weight is 421 g/mol. The maximum atomic E-state index is 13.8. The number of ether oxygens (including phenoxy) is 1. The second-order valence-electron chi connectivity index (χ2n) is 8.41. The second-order valence-corrected chi connectivity index (χ2v) is 8.41. The third-order valence-corrected chi connectivity index (χ3v) is 6.46. The van der Waals surface area contributed by atoms with E-state index in [1.807, 2.05) is 31.2 Å². The fourth-order valence-corrected chi connectivity index (χ4v) is 4.60. The van der Waals surface area contributed by atoms with Gasteiger partial charge in [0.05, 0.1) is 24.6 Å². The molecule has 3 heterocycles. The molecule has 0 spiro atoms. The molecule has 2 saturated heterocycles. The standard InChI is InChI=1S/C24H27N3O4/c1-17-5-3-4-6-20(17)24(13-21(28)26(2)19-9-12-31-16-19)14-22(29)27(23(24)30)15-18-7-10-25-11-8-18/h3-8,10-11,19H,9,12-16H2,1-2H3. The average Bonchev–Trinajstić information content (AvgIpc) is 3.38. The van der Waals surface area contributed by atoms with Crippen molar-refractivity contribution >= 4 is 17.7 Å². The molecule has 1 aromatic carbocycles. The van der Waals surface area contributed by atoms with Crippen LogP contribution >= 0.6 is 0 Å². The lowest BCUT2D eigenvalue weighted by Gasteiger charge is -2.32. The maximum Gasteiger partial charge on any atom is 0.241 e. The van der Waals surface area contributed by atoms with Gasteiger partial charge in [-0.05, 0) is 42.2 Å². The van der Waals surface area contributed by atoms with E-state index in [0.29, 0.717) is 13.2 Å². The fourth-order valence-electron chi connectivity index (χ4n) is 4.60. The minimum Gasteiger partial charge on any atom is -0.379 e. The van der Waals surface area contributed by atoms with Gasteiger partial charge in [-0.1, -0.05) is 24.3 Å². The monoisotopic (exact) mass is 421 g/mol. The molecule has 7 heteroatoms. The summed E-state index contributed by atoms with van der Waals surface area (Å²) in [5.41, 5.74) is 1.27. The Labute approximate surface area is 182 Å². The largest absolute Gasteiger partial charge is 0.379 e. The normalized spacial score (nSPS) is 23.4. The van der Waals surface area contributed by atoms with E-state index >= 15 is 0 Å². The summed E-state index contributed by atoms with van der Waals surface area (Å²) in [4.78, 5) is 47.0. The Morgan fingerprint density at radius 2 is 1.97 bits per heavy atom. The number of amides is 3. The van der Waals surface area contributed by atoms with Crippen LogP contribution in [0.25, 0.3) is 0 Å². The van der Waals surface area contributed by atoms with Gasteiger partial charge < -0.3 is 9.64 Å². The van der Waals surface area contributed by atoms with Crippen LogP contribution in [-0.2, 0) is 31.1 Å². The van der Waals surface area contributed by atoms with E-state index in [-0.39, 0.29) is 43.1 Å². The summed E-state index contributed by atoms with van der Waals surface area (Å²) in [6.45, 7) is 3.22. The zero-order chi connectivity index (χ0) is 22.0. The van der Waals surface area contributed by atoms with Crippen molar-refractivity contribution in [3.63, 3.8) is 0 Å². The number of pyridine rings is 1. The van der Waals surface area contributed by atoms with Crippen LogP contribution in [-0.4, -0.2) is 58.8 Å². The third kappa shape index (κ3) is 3.97. The Morgan fingerprint density at radius 3 is 2.65 bits per heavy atom. The Kier molecular flexibility index (Phi) is 5.87. The molecular formula is C24H27N3O4. The SMILES string of the molecule is Cc1ccccc1C1(CC(=O)N(C)C2CCOC2)CC(=O)N(Cc2ccncc2)C1=O. The number of carbonyl (C=O) groups is 3. The molecule has 4 rings (SSSR count). The molecule has 2 aromatic rings. The van der Waals surface area contributed by atoms with Crippen molar-refractivity contribution in [3.8, 4) is 0 Å². The summed E-state index contributed by atoms with van der Waals surface area (Å²) in [6, 6.07) is 11.1. The molecular weight excluding hydrogens is 394 g/mol. The van der Waals surface area contributed by atoms with Gasteiger partial charge in [-0.2, -0.15) is 0 Å². The topological polar surface area (TPSA) is 79.8 Å². The van der Waals surface area contributed by atoms with Gasteiger partial charge in [-0.3, -0.25) is 24.3 Å². The Hall–Kier alpha value is -3.06. The molecule has 0 N–H and O–H groups in total. The number of benzene rings is 1. The van der Waals surface area contributed by atoms with Crippen LogP contribution in [0.4, 0.5) is 0 Å². The fraction of sp³-hybridized carbons (Fsp3) is 0.417. The van der Waals surface area contributed by atoms with Gasteiger partial charge in [0.1, 0.15) is 0 Å². The number of hydrogen-bond acceptors (Lipinski definition) is 5. The quantitative estimate of drug-likeness (QED) is 0.669. The maximum absolute atomic E-state index is 13.8. The molecule has 1 aromatic heterocycles. The lowest BCUT2D eigenvalue weighted by Crippen LogP contribution is -2.45. The summed E-state index contributed by atoms with van der Waals surface area (Å²) in [5, 5.41) is 0. The number of nitrogens with zero attached hydrogens (tertiary/aromatic N) is 3. The second kappa shape index (κ2) is 8.59. The lowest BCUT2D eigenvalue weighted by atomic mass is 9.74. The van der Waals surface area contributed by atoms with Crippen LogP contribution < -0.4 is 0 Å². The molecule has 31 heavy (non-hydrogen) atoms. The molecule has 2 fully saturated rings. The van der Waals surface area contributed by atoms with Crippen molar-refractivity contribution < 1.29 is 19.1 Å². The van der Waals surface area contributed by atoms with Crippen LogP contribution in [0.2, 0.25) is 0 Å². The lowest BCUT2D eigenvalue weighted by molar-refractivity contribution is -0.143. The molecule has 162 valence electrons. The van der Waals surface area contributed by atoms with Gasteiger partial charge in [-0.15, -0.1) is 0 Å². The minimum atomic E-state index is -1.19. The van der Waals surface area contributed by atoms with E-state index in [4.69, 9.17) is 4.74 Å². The van der Waals surface area contributed by atoms with E-state index in [1.54, 1.807) is 36.5 Å². The molecule has 0 saturated carbocycles. The summed E-state index contributed by atoms with van der Waals surface area (Å²) in [6.07, 6.45) is 4.00. The number of rotatable bonds is 6. The highest BCUT2D eigenvalue weighted by Gasteiger charge is 2.54. The van der Waals surface area contributed by atoms with E-state index in [1.165, 1.54) is 4.90 Å². The van der Waals surface area contributed by atoms with Crippen molar-refractivity contribution in [2.45, 2.75) is 44.2 Å². The van der Waals surface area contributed by atoms with Crippen molar-refractivity contribution in [1.29, 1.82) is 0 Å². The zero-order valence-corrected chi connectivity index (χ0v) is 17.9. The highest BCUT2D eigenvalue weighted by molar-refractivity contribution is 6.10. The number of hydrogen-bond donors (Lipinski definition) is 0. The van der Waals surface area contributed by atoms with E-state index < -0.39 is 5.41 Å². The molecule has 7 nitrogen and oxygen atoms in total. The third-order valence-electron chi connectivity index (χ3n) is 6.46. The van der Waals surface area contributed by atoms with E-state index in [2.05, 4.69) is 4.98 Å². The number of aromatic nitrogens is 1. The Morgan fingerprint density at radius 1 is 1.23 bits per heavy atom. The summed E-state index contributed by atoms with van der Waals surface area (Å²) in [5.74, 6) is -0.719. The Balaban J connectivity index is 1.68. The predicted molar refractivity (Wildman–Crippen MR) is 114 cm³/mol. The number of carbonyl (C=O) groups excluding carboxylic acids is 3. The van der Waals surface area contributed by atoms with Gasteiger partial charge in [0, 0.05) is 38.9 Å². The smallest absolute Gasteiger partial charge is 0.241 e. The molecule has 2 aliphatic rings. The first-order valence-corrected chi connectivity index (χ1v) is 10.6. The molecule has 0 aliphatic carbocycles. The van der Waals surface area contributed by atoms with Crippen LogP contribution in [0.3, 0.4) is 0 Å². The van der Waals surface area contributed by atoms with Gasteiger partial charge >= 0.3 is 0 Å². The van der Waals surface area contributed by atoms with Crippen molar-refractivity contribution in [2.24, 2.45) is 0 Å². The molecule has 3 amide bonds. The molecule has 2 atom stereocenters. The molecule has 0 bridgehead atoms. The number of likely N-dealkylation sites (N-methyl/N-ethyl adjacent to an activating group) is 1.